The third-order valence-corrected chi connectivity index (χ3v) is 14.8. The number of hydrogen-bond acceptors (Lipinski definition) is 8. The number of rotatable bonds is 2. The number of benzene rings is 4. The number of nitrogens with zero attached hydrogens (tertiary/aromatic N) is 8. The summed E-state index contributed by atoms with van der Waals surface area (Å²) in [5.41, 5.74) is 4.43. The predicted octanol–water partition coefficient (Wildman–Crippen LogP) is 4.07. The van der Waals surface area contributed by atoms with Gasteiger partial charge in [-0.15, -0.1) is 0 Å². The van der Waals surface area contributed by atoms with Crippen LogP contribution in [0.15, 0.2) is 127 Å². The average Bonchev–Trinajstić information content (AvgIpc) is 3.77. The van der Waals surface area contributed by atoms with E-state index in [0.717, 1.165) is 43.8 Å². The monoisotopic (exact) mass is 662 g/mol. The van der Waals surface area contributed by atoms with Gasteiger partial charge in [0, 0.05) is 0 Å². The van der Waals surface area contributed by atoms with Crippen molar-refractivity contribution in [2.24, 2.45) is 30.0 Å². The molecular weight excluding hydrogens is 646 g/mol. The Hall–Kier alpha value is -5.05. The van der Waals surface area contributed by atoms with Crippen molar-refractivity contribution in [3.05, 3.63) is 130 Å². The molecule has 0 radical (unpaired) electrons. The SMILES string of the molecule is O=S(O)[O][Ga]1[n]2c3c4ccccc4c2N=C2N=C(N=c4c5ccccc5c([n]41)=NC1=NC(=N3)c3ccccc31)c1ccccc12. The van der Waals surface area contributed by atoms with Gasteiger partial charge < -0.3 is 0 Å². The van der Waals surface area contributed by atoms with E-state index in [9.17, 15) is 8.76 Å². The number of aliphatic imine (C=N–C) groups is 4. The van der Waals surface area contributed by atoms with Crippen LogP contribution in [0.2, 0.25) is 0 Å². The minimum absolute atomic E-state index is 0.493. The zero-order chi connectivity index (χ0) is 29.8. The van der Waals surface area contributed by atoms with E-state index in [4.69, 9.17) is 32.9 Å². The first-order valence-corrected chi connectivity index (χ1v) is 18.3. The van der Waals surface area contributed by atoms with E-state index in [0.29, 0.717) is 46.0 Å². The van der Waals surface area contributed by atoms with E-state index in [1.807, 2.05) is 104 Å². The quantitative estimate of drug-likeness (QED) is 0.222. The Kier molecular flexibility index (Phi) is 5.19. The van der Waals surface area contributed by atoms with Crippen molar-refractivity contribution < 1.29 is 11.7 Å². The van der Waals surface area contributed by atoms with Crippen LogP contribution in [0.5, 0.6) is 0 Å². The van der Waals surface area contributed by atoms with Gasteiger partial charge in [0.05, 0.1) is 0 Å². The minimum atomic E-state index is -4.04. The summed E-state index contributed by atoms with van der Waals surface area (Å²) in [6.07, 6.45) is 0. The van der Waals surface area contributed by atoms with Crippen LogP contribution in [0.25, 0.3) is 21.5 Å². The van der Waals surface area contributed by atoms with Gasteiger partial charge >= 0.3 is 263 Å². The van der Waals surface area contributed by atoms with Crippen LogP contribution in [-0.2, 0) is 14.3 Å². The molecule has 4 aromatic carbocycles. The summed E-state index contributed by atoms with van der Waals surface area (Å²) in [5, 5.41) is 3.21. The molecule has 6 aromatic rings. The molecule has 212 valence electrons. The molecule has 0 aliphatic carbocycles. The van der Waals surface area contributed by atoms with Crippen molar-refractivity contribution in [2.45, 2.75) is 0 Å². The van der Waals surface area contributed by atoms with Crippen LogP contribution in [0.4, 0.5) is 11.6 Å². The van der Waals surface area contributed by atoms with Gasteiger partial charge in [-0.3, -0.25) is 0 Å². The van der Waals surface area contributed by atoms with Crippen molar-refractivity contribution in [2.75, 3.05) is 0 Å². The van der Waals surface area contributed by atoms with E-state index in [1.54, 1.807) is 0 Å². The standard InChI is InChI=1S/C32H16N8.Ga.H2O3S/c1-2-10-18-17(9-1)25-33-26(18)38-28-21-13-5-6-14-22(21)30(35-28)40-32-24-16-8-7-15-23(24)31(36-32)39-29-20-12-4-3-11-19(20)27(34-29)37-25;;1-4(2)3/h1-16H;;(H2,1,2,3)/q-2;+3;/p-1. The molecule has 6 heterocycles. The Morgan fingerprint density at radius 3 is 1.31 bits per heavy atom. The maximum absolute atomic E-state index is 12.7. The Balaban J connectivity index is 1.51. The van der Waals surface area contributed by atoms with Gasteiger partial charge in [-0.2, -0.15) is 0 Å². The maximum atomic E-state index is 12.7. The number of hydrogen-bond donors (Lipinski definition) is 1. The van der Waals surface area contributed by atoms with Crippen molar-refractivity contribution in [3.63, 3.8) is 0 Å². The number of amidine groups is 4. The normalized spacial score (nSPS) is 16.2. The molecule has 0 spiro atoms. The van der Waals surface area contributed by atoms with Crippen LogP contribution < -0.4 is 11.0 Å². The molecule has 0 amide bonds. The molecule has 1 unspecified atom stereocenters. The number of aromatic nitrogens is 2. The molecule has 10 rings (SSSR count). The topological polar surface area (TPSA) is 131 Å². The van der Waals surface area contributed by atoms with Gasteiger partial charge in [-0.1, -0.05) is 0 Å². The Bertz CT molecular complexity index is 2470. The van der Waals surface area contributed by atoms with Crippen LogP contribution in [0.3, 0.4) is 0 Å². The van der Waals surface area contributed by atoms with E-state index in [-0.39, 0.29) is 0 Å². The van der Waals surface area contributed by atoms with Crippen LogP contribution in [0, 0.1) is 0 Å². The Labute approximate surface area is 262 Å². The summed E-state index contributed by atoms with van der Waals surface area (Å²) in [4.78, 5) is 30.6. The molecule has 0 fully saturated rings. The second kappa shape index (κ2) is 9.23. The van der Waals surface area contributed by atoms with E-state index >= 15 is 0 Å². The molecular formula is C32H17GaN8O3S. The fraction of sp³-hybridized carbons (Fsp3) is 0. The fourth-order valence-corrected chi connectivity index (χ4v) is 12.8. The zero-order valence-electron chi connectivity index (χ0n) is 23.1. The third-order valence-electron chi connectivity index (χ3n) is 8.43. The average molecular weight is 663 g/mol. The first kappa shape index (κ1) is 25.3. The van der Waals surface area contributed by atoms with Crippen molar-refractivity contribution in [1.29, 1.82) is 0 Å². The molecule has 11 nitrogen and oxygen atoms in total. The van der Waals surface area contributed by atoms with Crippen molar-refractivity contribution >= 4 is 84.9 Å². The van der Waals surface area contributed by atoms with E-state index in [2.05, 4.69) is 0 Å². The van der Waals surface area contributed by atoms with Gasteiger partial charge in [0.2, 0.25) is 0 Å². The molecule has 0 saturated carbocycles. The summed E-state index contributed by atoms with van der Waals surface area (Å²) < 4.78 is 33.1. The van der Waals surface area contributed by atoms with E-state index in [1.165, 1.54) is 0 Å². The third kappa shape index (κ3) is 3.52. The first-order chi connectivity index (χ1) is 22.1. The molecule has 0 saturated heterocycles. The molecule has 45 heavy (non-hydrogen) atoms. The van der Waals surface area contributed by atoms with Crippen molar-refractivity contribution in [1.82, 2.24) is 6.55 Å². The molecule has 1 N–H and O–H groups in total. The molecule has 4 aliphatic heterocycles. The van der Waals surface area contributed by atoms with Crippen LogP contribution >= 0.6 is 0 Å². The summed E-state index contributed by atoms with van der Waals surface area (Å²) in [7, 11) is 0. The zero-order valence-corrected chi connectivity index (χ0v) is 26.3. The van der Waals surface area contributed by atoms with E-state index < -0.39 is 28.4 Å². The predicted molar refractivity (Wildman–Crippen MR) is 173 cm³/mol. The molecule has 1 atom stereocenters. The van der Waals surface area contributed by atoms with Crippen LogP contribution in [0.1, 0.15) is 22.3 Å². The number of fused-ring (bicyclic) bond motifs is 14. The Morgan fingerprint density at radius 1 is 0.511 bits per heavy atom. The summed E-state index contributed by atoms with van der Waals surface area (Å²) >= 11 is -6.67. The van der Waals surface area contributed by atoms with Gasteiger partial charge in [0.25, 0.3) is 0 Å². The molecule has 4 aliphatic rings. The van der Waals surface area contributed by atoms with Gasteiger partial charge in [-0.25, -0.2) is 0 Å². The molecule has 13 heteroatoms. The fourth-order valence-electron chi connectivity index (χ4n) is 6.55. The second-order valence-electron chi connectivity index (χ2n) is 10.8. The summed E-state index contributed by atoms with van der Waals surface area (Å²) in [6.45, 7) is 0. The van der Waals surface area contributed by atoms with Crippen molar-refractivity contribution in [3.8, 4) is 0 Å². The van der Waals surface area contributed by atoms with Gasteiger partial charge in [-0.05, 0) is 0 Å². The van der Waals surface area contributed by atoms with Crippen LogP contribution in [-0.4, -0.2) is 55.7 Å². The molecule has 2 aromatic heterocycles. The molecule has 6 bridgehead atoms. The van der Waals surface area contributed by atoms with Gasteiger partial charge in [0.1, 0.15) is 0 Å². The second-order valence-corrected chi connectivity index (χ2v) is 16.2. The first-order valence-electron chi connectivity index (χ1n) is 14.2. The summed E-state index contributed by atoms with van der Waals surface area (Å²) in [6, 6.07) is 31.3. The van der Waals surface area contributed by atoms with Gasteiger partial charge in [0.15, 0.2) is 0 Å². The summed E-state index contributed by atoms with van der Waals surface area (Å²) in [5.74, 6) is 3.03. The Morgan fingerprint density at radius 2 is 0.889 bits per heavy atom.